The van der Waals surface area contributed by atoms with E-state index in [1.54, 1.807) is 18.6 Å². The van der Waals surface area contributed by atoms with Gasteiger partial charge in [0.1, 0.15) is 17.9 Å². The Labute approximate surface area is 146 Å². The minimum Gasteiger partial charge on any atom is -0.471 e. The third-order valence-electron chi connectivity index (χ3n) is 4.70. The van der Waals surface area contributed by atoms with E-state index in [1.807, 2.05) is 30.0 Å². The molecule has 1 amide bonds. The zero-order chi connectivity index (χ0) is 17.2. The van der Waals surface area contributed by atoms with Crippen LogP contribution in [0.1, 0.15) is 29.0 Å². The van der Waals surface area contributed by atoms with Gasteiger partial charge in [-0.2, -0.15) is 0 Å². The first-order chi connectivity index (χ1) is 12.2. The number of likely N-dealkylation sites (tertiary alicyclic amines) is 1. The minimum absolute atomic E-state index is 0.00179. The number of rotatable bonds is 3. The molecule has 4 rings (SSSR count). The van der Waals surface area contributed by atoms with Crippen LogP contribution in [-0.4, -0.2) is 57.2 Å². The number of aromatic nitrogens is 3. The molecule has 0 radical (unpaired) electrons. The van der Waals surface area contributed by atoms with Crippen molar-refractivity contribution < 1.29 is 14.3 Å². The molecule has 2 aromatic rings. The van der Waals surface area contributed by atoms with E-state index in [-0.39, 0.29) is 24.2 Å². The summed E-state index contributed by atoms with van der Waals surface area (Å²) in [4.78, 5) is 27.3. The van der Waals surface area contributed by atoms with Crippen molar-refractivity contribution in [1.29, 1.82) is 0 Å². The highest BCUT2D eigenvalue weighted by molar-refractivity contribution is 5.92. The maximum atomic E-state index is 12.8. The molecule has 0 aromatic carbocycles. The number of piperidine rings is 1. The van der Waals surface area contributed by atoms with Gasteiger partial charge in [0.25, 0.3) is 5.91 Å². The Bertz CT molecular complexity index is 738. The van der Waals surface area contributed by atoms with E-state index in [9.17, 15) is 4.79 Å². The Morgan fingerprint density at radius 3 is 2.92 bits per heavy atom. The van der Waals surface area contributed by atoms with Crippen molar-refractivity contribution in [3.63, 3.8) is 0 Å². The first-order valence-electron chi connectivity index (χ1n) is 8.51. The summed E-state index contributed by atoms with van der Waals surface area (Å²) in [7, 11) is 0. The monoisotopic (exact) mass is 340 g/mol. The van der Waals surface area contributed by atoms with Gasteiger partial charge in [-0.15, -0.1) is 0 Å². The number of aryl methyl sites for hydroxylation is 1. The van der Waals surface area contributed by atoms with E-state index in [0.29, 0.717) is 31.1 Å². The lowest BCUT2D eigenvalue weighted by Gasteiger charge is -2.40. The standard InChI is InChI=1S/C18H20N4O3/c1-12-10-21-13(11-20-12)18(23)22-8-5-15(17-14(22)6-9-24-17)25-16-4-2-3-7-19-16/h2-4,7,10-11,14-15,17H,5-6,8-9H2,1H3/t14-,15+,17-/m0/s1. The van der Waals surface area contributed by atoms with E-state index in [4.69, 9.17) is 9.47 Å². The molecule has 4 heterocycles. The average Bonchev–Trinajstić information content (AvgIpc) is 3.13. The lowest BCUT2D eigenvalue weighted by Crippen LogP contribution is -2.56. The summed E-state index contributed by atoms with van der Waals surface area (Å²) in [6.45, 7) is 3.08. The molecule has 7 nitrogen and oxygen atoms in total. The van der Waals surface area contributed by atoms with Crippen molar-refractivity contribution >= 4 is 5.91 Å². The molecule has 0 N–H and O–H groups in total. The molecule has 7 heteroatoms. The van der Waals surface area contributed by atoms with Gasteiger partial charge in [0.05, 0.1) is 17.9 Å². The first kappa shape index (κ1) is 16.0. The topological polar surface area (TPSA) is 77.4 Å². The van der Waals surface area contributed by atoms with Gasteiger partial charge in [0.15, 0.2) is 0 Å². The van der Waals surface area contributed by atoms with Gasteiger partial charge in [-0.1, -0.05) is 6.07 Å². The van der Waals surface area contributed by atoms with Crippen molar-refractivity contribution in [1.82, 2.24) is 19.9 Å². The Hall–Kier alpha value is -2.54. The Morgan fingerprint density at radius 2 is 2.16 bits per heavy atom. The van der Waals surface area contributed by atoms with Crippen LogP contribution in [-0.2, 0) is 4.74 Å². The molecule has 0 saturated carbocycles. The fourth-order valence-electron chi connectivity index (χ4n) is 3.49. The number of carbonyl (C=O) groups is 1. The van der Waals surface area contributed by atoms with E-state index < -0.39 is 0 Å². The third-order valence-corrected chi connectivity index (χ3v) is 4.70. The predicted octanol–water partition coefficient (Wildman–Crippen LogP) is 1.63. The molecule has 0 spiro atoms. The molecular weight excluding hydrogens is 320 g/mol. The van der Waals surface area contributed by atoms with Gasteiger partial charge in [0.2, 0.25) is 5.88 Å². The summed E-state index contributed by atoms with van der Waals surface area (Å²) >= 11 is 0. The fraction of sp³-hybridized carbons (Fsp3) is 0.444. The highest BCUT2D eigenvalue weighted by atomic mass is 16.5. The van der Waals surface area contributed by atoms with Crippen LogP contribution in [0.15, 0.2) is 36.8 Å². The molecule has 2 saturated heterocycles. The Balaban J connectivity index is 1.50. The number of hydrogen-bond acceptors (Lipinski definition) is 6. The van der Waals surface area contributed by atoms with Gasteiger partial charge in [-0.05, 0) is 19.4 Å². The van der Waals surface area contributed by atoms with Crippen molar-refractivity contribution in [2.75, 3.05) is 13.2 Å². The lowest BCUT2D eigenvalue weighted by atomic mass is 9.95. The van der Waals surface area contributed by atoms with E-state index in [0.717, 1.165) is 12.1 Å². The molecule has 130 valence electrons. The van der Waals surface area contributed by atoms with Crippen LogP contribution >= 0.6 is 0 Å². The SMILES string of the molecule is Cc1cnc(C(=O)N2CC[C@@H](Oc3ccccn3)[C@H]3OCC[C@@H]32)cn1. The summed E-state index contributed by atoms with van der Waals surface area (Å²) in [6, 6.07) is 5.58. The van der Waals surface area contributed by atoms with Crippen LogP contribution in [0.25, 0.3) is 0 Å². The molecule has 3 atom stereocenters. The summed E-state index contributed by atoms with van der Waals surface area (Å²) in [5.74, 6) is 0.496. The average molecular weight is 340 g/mol. The zero-order valence-electron chi connectivity index (χ0n) is 14.0. The molecular formula is C18H20N4O3. The van der Waals surface area contributed by atoms with Crippen molar-refractivity contribution in [2.24, 2.45) is 0 Å². The second-order valence-corrected chi connectivity index (χ2v) is 6.35. The normalized spacial score (nSPS) is 25.5. The van der Waals surface area contributed by atoms with Crippen LogP contribution in [0.5, 0.6) is 5.88 Å². The number of pyridine rings is 1. The molecule has 25 heavy (non-hydrogen) atoms. The minimum atomic E-state index is -0.141. The van der Waals surface area contributed by atoms with Gasteiger partial charge in [-0.25, -0.2) is 9.97 Å². The van der Waals surface area contributed by atoms with E-state index >= 15 is 0 Å². The van der Waals surface area contributed by atoms with E-state index in [1.165, 1.54) is 0 Å². The largest absolute Gasteiger partial charge is 0.471 e. The van der Waals surface area contributed by atoms with Gasteiger partial charge >= 0.3 is 0 Å². The smallest absolute Gasteiger partial charge is 0.274 e. The molecule has 2 aliphatic heterocycles. The second kappa shape index (κ2) is 6.76. The van der Waals surface area contributed by atoms with Crippen LogP contribution in [0, 0.1) is 6.92 Å². The number of ether oxygens (including phenoxy) is 2. The Morgan fingerprint density at radius 1 is 1.24 bits per heavy atom. The number of carbonyl (C=O) groups excluding carboxylic acids is 1. The van der Waals surface area contributed by atoms with Crippen molar-refractivity contribution in [2.45, 2.75) is 38.0 Å². The highest BCUT2D eigenvalue weighted by Gasteiger charge is 2.45. The summed E-state index contributed by atoms with van der Waals surface area (Å²) in [6.07, 6.45) is 6.12. The van der Waals surface area contributed by atoms with Crippen molar-refractivity contribution in [3.8, 4) is 5.88 Å². The van der Waals surface area contributed by atoms with Crippen molar-refractivity contribution in [3.05, 3.63) is 48.2 Å². The summed E-state index contributed by atoms with van der Waals surface area (Å²) < 4.78 is 11.9. The van der Waals surface area contributed by atoms with Crippen LogP contribution in [0.3, 0.4) is 0 Å². The maximum Gasteiger partial charge on any atom is 0.274 e. The second-order valence-electron chi connectivity index (χ2n) is 6.35. The molecule has 2 aliphatic rings. The van der Waals surface area contributed by atoms with Gasteiger partial charge < -0.3 is 14.4 Å². The van der Waals surface area contributed by atoms with Gasteiger partial charge in [0, 0.05) is 38.0 Å². The third kappa shape index (κ3) is 3.19. The number of amides is 1. The van der Waals surface area contributed by atoms with Crippen LogP contribution in [0.2, 0.25) is 0 Å². The highest BCUT2D eigenvalue weighted by Crippen LogP contribution is 2.31. The van der Waals surface area contributed by atoms with Crippen LogP contribution < -0.4 is 4.74 Å². The summed E-state index contributed by atoms with van der Waals surface area (Å²) in [5.41, 5.74) is 1.17. The lowest BCUT2D eigenvalue weighted by molar-refractivity contribution is -0.0477. The number of nitrogens with zero attached hydrogens (tertiary/aromatic N) is 4. The molecule has 0 unspecified atom stereocenters. The Kier molecular flexibility index (Phi) is 4.31. The molecule has 0 bridgehead atoms. The number of hydrogen-bond donors (Lipinski definition) is 0. The molecule has 2 aromatic heterocycles. The molecule has 2 fully saturated rings. The first-order valence-corrected chi connectivity index (χ1v) is 8.51. The van der Waals surface area contributed by atoms with E-state index in [2.05, 4.69) is 15.0 Å². The van der Waals surface area contributed by atoms with Crippen LogP contribution in [0.4, 0.5) is 0 Å². The zero-order valence-corrected chi connectivity index (χ0v) is 14.0. The van der Waals surface area contributed by atoms with Gasteiger partial charge in [-0.3, -0.25) is 9.78 Å². The fourth-order valence-corrected chi connectivity index (χ4v) is 3.49. The number of fused-ring (bicyclic) bond motifs is 1. The molecule has 0 aliphatic carbocycles. The summed E-state index contributed by atoms with van der Waals surface area (Å²) in [5, 5.41) is 0. The predicted molar refractivity (Wildman–Crippen MR) is 89.2 cm³/mol. The quantitative estimate of drug-likeness (QED) is 0.845. The maximum absolute atomic E-state index is 12.8.